The number of benzene rings is 1. The minimum absolute atomic E-state index is 0.162. The Bertz CT molecular complexity index is 529. The Kier molecular flexibility index (Phi) is 2.74. The van der Waals surface area contributed by atoms with Crippen LogP contribution in [-0.4, -0.2) is 35.6 Å². The van der Waals surface area contributed by atoms with Gasteiger partial charge in [-0.1, -0.05) is 36.4 Å². The van der Waals surface area contributed by atoms with E-state index >= 15 is 0 Å². The number of carbonyl (C=O) groups is 2. The molecule has 5 heteroatoms. The van der Waals surface area contributed by atoms with Crippen molar-refractivity contribution in [2.75, 3.05) is 6.61 Å². The van der Waals surface area contributed by atoms with Crippen molar-refractivity contribution in [3.8, 4) is 0 Å². The molecular formula is C14H14N2O3. The second kappa shape index (κ2) is 4.42. The monoisotopic (exact) mass is 258 g/mol. The van der Waals surface area contributed by atoms with Crippen LogP contribution in [0, 0.1) is 0 Å². The molecule has 0 aliphatic carbocycles. The molecule has 2 aliphatic heterocycles. The number of nitrogens with zero attached hydrogens (tertiary/aromatic N) is 1. The first kappa shape index (κ1) is 11.8. The molecule has 1 N–H and O–H groups in total. The lowest BCUT2D eigenvalue weighted by atomic mass is 9.94. The molecule has 0 bridgehead atoms. The molecule has 0 spiro atoms. The number of amides is 2. The summed E-state index contributed by atoms with van der Waals surface area (Å²) in [6.07, 6.45) is 1.19. The van der Waals surface area contributed by atoms with Crippen molar-refractivity contribution < 1.29 is 14.3 Å². The molecule has 0 radical (unpaired) electrons. The Morgan fingerprint density at radius 3 is 2.68 bits per heavy atom. The van der Waals surface area contributed by atoms with E-state index in [1.54, 1.807) is 6.08 Å². The lowest BCUT2D eigenvalue weighted by molar-refractivity contribution is -0.134. The number of ether oxygens (including phenoxy) is 1. The van der Waals surface area contributed by atoms with Crippen molar-refractivity contribution in [1.29, 1.82) is 0 Å². The fourth-order valence-corrected chi connectivity index (χ4v) is 2.55. The highest BCUT2D eigenvalue weighted by molar-refractivity contribution is 5.93. The minimum Gasteiger partial charge on any atom is -0.447 e. The first-order valence-corrected chi connectivity index (χ1v) is 6.15. The van der Waals surface area contributed by atoms with E-state index in [0.717, 1.165) is 5.56 Å². The SMILES string of the molecule is C=C[C@H]1NC(=O)[C@H]1N1C(=O)OC[C@@H]1c1ccccc1. The lowest BCUT2D eigenvalue weighted by Gasteiger charge is -2.41. The smallest absolute Gasteiger partial charge is 0.411 e. The van der Waals surface area contributed by atoms with Crippen LogP contribution in [0.2, 0.25) is 0 Å². The van der Waals surface area contributed by atoms with Crippen molar-refractivity contribution in [1.82, 2.24) is 10.2 Å². The van der Waals surface area contributed by atoms with E-state index in [2.05, 4.69) is 11.9 Å². The summed E-state index contributed by atoms with van der Waals surface area (Å²) in [5, 5.41) is 2.71. The maximum absolute atomic E-state index is 11.9. The molecule has 98 valence electrons. The van der Waals surface area contributed by atoms with Gasteiger partial charge in [0.2, 0.25) is 5.91 Å². The number of hydrogen-bond donors (Lipinski definition) is 1. The van der Waals surface area contributed by atoms with Crippen molar-refractivity contribution in [3.63, 3.8) is 0 Å². The Hall–Kier alpha value is -2.30. The molecule has 2 amide bonds. The fraction of sp³-hybridized carbons (Fsp3) is 0.286. The highest BCUT2D eigenvalue weighted by Gasteiger charge is 2.50. The third-order valence-corrected chi connectivity index (χ3v) is 3.57. The third kappa shape index (κ3) is 1.78. The molecule has 5 nitrogen and oxygen atoms in total. The Morgan fingerprint density at radius 1 is 1.32 bits per heavy atom. The summed E-state index contributed by atoms with van der Waals surface area (Å²) in [5.74, 6) is -0.162. The van der Waals surface area contributed by atoms with Crippen LogP contribution in [0.5, 0.6) is 0 Å². The van der Waals surface area contributed by atoms with E-state index in [4.69, 9.17) is 4.74 Å². The van der Waals surface area contributed by atoms with Gasteiger partial charge in [-0.05, 0) is 5.56 Å². The lowest BCUT2D eigenvalue weighted by Crippen LogP contribution is -2.68. The topological polar surface area (TPSA) is 58.6 Å². The average molecular weight is 258 g/mol. The van der Waals surface area contributed by atoms with Gasteiger partial charge in [0.05, 0.1) is 12.1 Å². The second-order valence-corrected chi connectivity index (χ2v) is 4.63. The van der Waals surface area contributed by atoms with Gasteiger partial charge in [-0.25, -0.2) is 4.79 Å². The van der Waals surface area contributed by atoms with Gasteiger partial charge in [0.25, 0.3) is 0 Å². The summed E-state index contributed by atoms with van der Waals surface area (Å²) in [6.45, 7) is 3.94. The molecule has 2 fully saturated rings. The summed E-state index contributed by atoms with van der Waals surface area (Å²) in [6, 6.07) is 8.64. The molecule has 19 heavy (non-hydrogen) atoms. The van der Waals surface area contributed by atoms with Crippen LogP contribution >= 0.6 is 0 Å². The summed E-state index contributed by atoms with van der Waals surface area (Å²) in [7, 11) is 0. The molecule has 3 rings (SSSR count). The molecule has 0 unspecified atom stereocenters. The third-order valence-electron chi connectivity index (χ3n) is 3.57. The zero-order valence-corrected chi connectivity index (χ0v) is 10.3. The molecule has 2 heterocycles. The van der Waals surface area contributed by atoms with Crippen LogP contribution in [0.3, 0.4) is 0 Å². The van der Waals surface area contributed by atoms with Gasteiger partial charge in [0.1, 0.15) is 12.6 Å². The Balaban J connectivity index is 1.91. The maximum Gasteiger partial charge on any atom is 0.411 e. The fourth-order valence-electron chi connectivity index (χ4n) is 2.55. The van der Waals surface area contributed by atoms with Crippen molar-refractivity contribution in [2.24, 2.45) is 0 Å². The molecule has 1 aromatic rings. The Morgan fingerprint density at radius 2 is 2.05 bits per heavy atom. The van der Waals surface area contributed by atoms with Crippen LogP contribution < -0.4 is 5.32 Å². The predicted molar refractivity (Wildman–Crippen MR) is 68.3 cm³/mol. The average Bonchev–Trinajstić information content (AvgIpc) is 2.79. The zero-order valence-electron chi connectivity index (χ0n) is 10.3. The maximum atomic E-state index is 11.9. The number of carbonyl (C=O) groups excluding carboxylic acids is 2. The molecular weight excluding hydrogens is 244 g/mol. The van der Waals surface area contributed by atoms with Gasteiger partial charge in [-0.3, -0.25) is 9.69 Å². The van der Waals surface area contributed by atoms with E-state index in [9.17, 15) is 9.59 Å². The summed E-state index contributed by atoms with van der Waals surface area (Å²) < 4.78 is 5.10. The van der Waals surface area contributed by atoms with Gasteiger partial charge in [-0.15, -0.1) is 6.58 Å². The van der Waals surface area contributed by atoms with E-state index in [-0.39, 0.29) is 24.6 Å². The van der Waals surface area contributed by atoms with Crippen LogP contribution in [-0.2, 0) is 9.53 Å². The van der Waals surface area contributed by atoms with E-state index in [1.165, 1.54) is 4.90 Å². The van der Waals surface area contributed by atoms with E-state index in [1.807, 2.05) is 30.3 Å². The van der Waals surface area contributed by atoms with Gasteiger partial charge in [-0.2, -0.15) is 0 Å². The summed E-state index contributed by atoms with van der Waals surface area (Å²) in [5.41, 5.74) is 0.968. The number of hydrogen-bond acceptors (Lipinski definition) is 3. The van der Waals surface area contributed by atoms with Gasteiger partial charge >= 0.3 is 6.09 Å². The summed E-state index contributed by atoms with van der Waals surface area (Å²) >= 11 is 0. The first-order chi connectivity index (χ1) is 9.22. The van der Waals surface area contributed by atoms with E-state index < -0.39 is 12.1 Å². The van der Waals surface area contributed by atoms with Crippen molar-refractivity contribution >= 4 is 12.0 Å². The standard InChI is InChI=1S/C14H14N2O3/c1-2-10-12(13(17)15-10)16-11(8-19-14(16)18)9-6-4-3-5-7-9/h2-7,10-12H,1,8H2,(H,15,17)/t10-,11-,12+/m1/s1. The molecule has 2 aliphatic rings. The number of cyclic esters (lactones) is 1. The number of β-lactam (4-membered cyclic amide) rings is 1. The predicted octanol–water partition coefficient (Wildman–Crippen LogP) is 1.23. The largest absolute Gasteiger partial charge is 0.447 e. The molecule has 2 saturated heterocycles. The van der Waals surface area contributed by atoms with Crippen LogP contribution in [0.1, 0.15) is 11.6 Å². The van der Waals surface area contributed by atoms with Gasteiger partial charge in [0.15, 0.2) is 0 Å². The first-order valence-electron chi connectivity index (χ1n) is 6.15. The van der Waals surface area contributed by atoms with Crippen LogP contribution in [0.25, 0.3) is 0 Å². The van der Waals surface area contributed by atoms with Crippen molar-refractivity contribution in [2.45, 2.75) is 18.1 Å². The Labute approximate surface area is 110 Å². The van der Waals surface area contributed by atoms with Crippen molar-refractivity contribution in [3.05, 3.63) is 48.6 Å². The highest BCUT2D eigenvalue weighted by Crippen LogP contribution is 2.33. The number of rotatable bonds is 3. The summed E-state index contributed by atoms with van der Waals surface area (Å²) in [4.78, 5) is 25.1. The molecule has 0 aromatic heterocycles. The van der Waals surface area contributed by atoms with Crippen LogP contribution in [0.4, 0.5) is 4.79 Å². The second-order valence-electron chi connectivity index (χ2n) is 4.63. The minimum atomic E-state index is -0.516. The molecule has 1 aromatic carbocycles. The number of nitrogens with one attached hydrogen (secondary N) is 1. The van der Waals surface area contributed by atoms with Gasteiger partial charge in [0, 0.05) is 0 Å². The van der Waals surface area contributed by atoms with Crippen LogP contribution in [0.15, 0.2) is 43.0 Å². The zero-order chi connectivity index (χ0) is 13.4. The normalized spacial score (nSPS) is 29.5. The highest BCUT2D eigenvalue weighted by atomic mass is 16.6. The quantitative estimate of drug-likeness (QED) is 0.655. The van der Waals surface area contributed by atoms with E-state index in [0.29, 0.717) is 0 Å². The molecule has 3 atom stereocenters. The van der Waals surface area contributed by atoms with Gasteiger partial charge < -0.3 is 10.1 Å². The molecule has 0 saturated carbocycles.